The highest BCUT2D eigenvalue weighted by atomic mass is 16.2. The number of fused-ring (bicyclic) bond motifs is 1. The Morgan fingerprint density at radius 1 is 1.19 bits per heavy atom. The zero-order valence-electron chi connectivity index (χ0n) is 16.2. The SMILES string of the molecule is CC(=O)N1C[C@H]2CN(Cc3nccn3C3CC3)C[C@H]2[C@H]1c1ccccc1C. The first-order valence-electron chi connectivity index (χ1n) is 10.2. The molecule has 2 aliphatic heterocycles. The average Bonchev–Trinajstić information content (AvgIpc) is 3.09. The molecule has 2 aromatic rings. The lowest BCUT2D eigenvalue weighted by molar-refractivity contribution is -0.130. The maximum Gasteiger partial charge on any atom is 0.219 e. The first kappa shape index (κ1) is 17.0. The predicted molar refractivity (Wildman–Crippen MR) is 104 cm³/mol. The largest absolute Gasteiger partial charge is 0.335 e. The number of amides is 1. The van der Waals surface area contributed by atoms with Crippen molar-refractivity contribution in [3.05, 3.63) is 53.6 Å². The van der Waals surface area contributed by atoms with Crippen molar-refractivity contribution in [2.24, 2.45) is 11.8 Å². The van der Waals surface area contributed by atoms with Gasteiger partial charge in [-0.2, -0.15) is 0 Å². The second-order valence-corrected chi connectivity index (χ2v) is 8.57. The molecule has 1 aromatic carbocycles. The van der Waals surface area contributed by atoms with Gasteiger partial charge in [-0.3, -0.25) is 9.69 Å². The smallest absolute Gasteiger partial charge is 0.219 e. The van der Waals surface area contributed by atoms with Crippen LogP contribution >= 0.6 is 0 Å². The van der Waals surface area contributed by atoms with E-state index in [1.54, 1.807) is 6.92 Å². The second-order valence-electron chi connectivity index (χ2n) is 8.57. The van der Waals surface area contributed by atoms with Crippen LogP contribution in [-0.2, 0) is 11.3 Å². The molecule has 0 bridgehead atoms. The summed E-state index contributed by atoms with van der Waals surface area (Å²) in [7, 11) is 0. The van der Waals surface area contributed by atoms with Crippen LogP contribution in [0.2, 0.25) is 0 Å². The minimum absolute atomic E-state index is 0.202. The van der Waals surface area contributed by atoms with Gasteiger partial charge in [-0.05, 0) is 36.8 Å². The second kappa shape index (κ2) is 6.48. The first-order chi connectivity index (χ1) is 13.1. The molecule has 142 valence electrons. The number of benzene rings is 1. The van der Waals surface area contributed by atoms with Crippen LogP contribution in [0.25, 0.3) is 0 Å². The van der Waals surface area contributed by atoms with Gasteiger partial charge in [-0.25, -0.2) is 4.98 Å². The molecule has 0 spiro atoms. The van der Waals surface area contributed by atoms with Gasteiger partial charge in [0.1, 0.15) is 5.82 Å². The van der Waals surface area contributed by atoms with Crippen molar-refractivity contribution in [3.63, 3.8) is 0 Å². The van der Waals surface area contributed by atoms with E-state index < -0.39 is 0 Å². The van der Waals surface area contributed by atoms with Gasteiger partial charge in [-0.1, -0.05) is 24.3 Å². The van der Waals surface area contributed by atoms with Crippen LogP contribution in [0.1, 0.15) is 48.8 Å². The molecule has 5 nitrogen and oxygen atoms in total. The Labute approximate surface area is 161 Å². The maximum absolute atomic E-state index is 12.3. The van der Waals surface area contributed by atoms with Crippen molar-refractivity contribution in [2.45, 2.75) is 45.3 Å². The van der Waals surface area contributed by atoms with Gasteiger partial charge in [0.25, 0.3) is 0 Å². The Morgan fingerprint density at radius 3 is 2.74 bits per heavy atom. The van der Waals surface area contributed by atoms with Crippen LogP contribution in [0.15, 0.2) is 36.7 Å². The third-order valence-electron chi connectivity index (χ3n) is 6.71. The summed E-state index contributed by atoms with van der Waals surface area (Å²) >= 11 is 0. The maximum atomic E-state index is 12.3. The number of hydrogen-bond donors (Lipinski definition) is 0. The van der Waals surface area contributed by atoms with Crippen molar-refractivity contribution in [2.75, 3.05) is 19.6 Å². The van der Waals surface area contributed by atoms with Crippen molar-refractivity contribution in [1.82, 2.24) is 19.4 Å². The van der Waals surface area contributed by atoms with Gasteiger partial charge in [0.15, 0.2) is 0 Å². The molecule has 1 amide bonds. The number of likely N-dealkylation sites (tertiary alicyclic amines) is 2. The summed E-state index contributed by atoms with van der Waals surface area (Å²) < 4.78 is 2.37. The number of carbonyl (C=O) groups is 1. The van der Waals surface area contributed by atoms with Gasteiger partial charge in [0.05, 0.1) is 12.6 Å². The summed E-state index contributed by atoms with van der Waals surface area (Å²) in [5.74, 6) is 2.48. The molecule has 1 aliphatic carbocycles. The van der Waals surface area contributed by atoms with Crippen LogP contribution in [-0.4, -0.2) is 44.9 Å². The molecule has 3 fully saturated rings. The standard InChI is InChI=1S/C22H28N4O/c1-15-5-3-4-6-19(15)22-20-13-24(11-17(20)12-26(22)16(2)27)14-21-23-9-10-25(21)18-7-8-18/h3-6,9-10,17-18,20,22H,7-8,11-14H2,1-2H3/t17-,20-,22-/m1/s1. The van der Waals surface area contributed by atoms with Crippen LogP contribution in [0.5, 0.6) is 0 Å². The van der Waals surface area contributed by atoms with Gasteiger partial charge in [-0.15, -0.1) is 0 Å². The fraction of sp³-hybridized carbons (Fsp3) is 0.545. The van der Waals surface area contributed by atoms with Crippen LogP contribution in [0.4, 0.5) is 0 Å². The lowest BCUT2D eigenvalue weighted by Crippen LogP contribution is -2.34. The molecule has 5 rings (SSSR count). The normalized spacial score (nSPS) is 27.9. The Morgan fingerprint density at radius 2 is 2.00 bits per heavy atom. The van der Waals surface area contributed by atoms with E-state index in [0.717, 1.165) is 26.2 Å². The summed E-state index contributed by atoms with van der Waals surface area (Å²) in [4.78, 5) is 21.6. The highest BCUT2D eigenvalue weighted by molar-refractivity contribution is 5.74. The summed E-state index contributed by atoms with van der Waals surface area (Å²) in [5.41, 5.74) is 2.61. The minimum Gasteiger partial charge on any atom is -0.335 e. The van der Waals surface area contributed by atoms with Crippen LogP contribution in [0, 0.1) is 18.8 Å². The monoisotopic (exact) mass is 364 g/mol. The molecular formula is C22H28N4O. The molecule has 3 heterocycles. The Bertz CT molecular complexity index is 856. The molecule has 0 unspecified atom stereocenters. The predicted octanol–water partition coefficient (Wildman–Crippen LogP) is 3.18. The van der Waals surface area contributed by atoms with Gasteiger partial charge >= 0.3 is 0 Å². The van der Waals surface area contributed by atoms with E-state index in [0.29, 0.717) is 17.9 Å². The van der Waals surface area contributed by atoms with Crippen molar-refractivity contribution in [3.8, 4) is 0 Å². The molecule has 0 N–H and O–H groups in total. The number of aryl methyl sites for hydroxylation is 1. The van der Waals surface area contributed by atoms with Gasteiger partial charge in [0, 0.05) is 50.9 Å². The van der Waals surface area contributed by atoms with Crippen molar-refractivity contribution < 1.29 is 4.79 Å². The number of aromatic nitrogens is 2. The fourth-order valence-corrected chi connectivity index (χ4v) is 5.26. The quantitative estimate of drug-likeness (QED) is 0.837. The van der Waals surface area contributed by atoms with E-state index >= 15 is 0 Å². The van der Waals surface area contributed by atoms with Crippen LogP contribution < -0.4 is 0 Å². The van der Waals surface area contributed by atoms with E-state index in [-0.39, 0.29) is 11.9 Å². The minimum atomic E-state index is 0.202. The van der Waals surface area contributed by atoms with Crippen molar-refractivity contribution >= 4 is 5.91 Å². The van der Waals surface area contributed by atoms with E-state index in [2.05, 4.69) is 56.7 Å². The van der Waals surface area contributed by atoms with E-state index in [9.17, 15) is 4.79 Å². The molecule has 3 atom stereocenters. The molecule has 1 saturated carbocycles. The number of nitrogens with zero attached hydrogens (tertiary/aromatic N) is 4. The molecule has 0 radical (unpaired) electrons. The first-order valence-corrected chi connectivity index (χ1v) is 10.2. The van der Waals surface area contributed by atoms with E-state index in [1.807, 2.05) is 6.20 Å². The van der Waals surface area contributed by atoms with Crippen molar-refractivity contribution in [1.29, 1.82) is 0 Å². The summed E-state index contributed by atoms with van der Waals surface area (Å²) in [6, 6.07) is 9.45. The number of hydrogen-bond acceptors (Lipinski definition) is 3. The van der Waals surface area contributed by atoms with Gasteiger partial charge in [0.2, 0.25) is 5.91 Å². The number of imidazole rings is 1. The third-order valence-corrected chi connectivity index (χ3v) is 6.71. The van der Waals surface area contributed by atoms with E-state index in [4.69, 9.17) is 0 Å². The van der Waals surface area contributed by atoms with Gasteiger partial charge < -0.3 is 9.47 Å². The highest BCUT2D eigenvalue weighted by Crippen LogP contribution is 2.46. The zero-order chi connectivity index (χ0) is 18.5. The average molecular weight is 364 g/mol. The topological polar surface area (TPSA) is 41.4 Å². The molecule has 27 heavy (non-hydrogen) atoms. The highest BCUT2D eigenvalue weighted by Gasteiger charge is 2.48. The van der Waals surface area contributed by atoms with E-state index in [1.165, 1.54) is 29.8 Å². The zero-order valence-corrected chi connectivity index (χ0v) is 16.2. The Kier molecular flexibility index (Phi) is 4.08. The lowest BCUT2D eigenvalue weighted by atomic mass is 9.87. The number of rotatable bonds is 4. The fourth-order valence-electron chi connectivity index (χ4n) is 5.26. The third kappa shape index (κ3) is 2.98. The lowest BCUT2D eigenvalue weighted by Gasteiger charge is -2.30. The summed E-state index contributed by atoms with van der Waals surface area (Å²) in [6.07, 6.45) is 6.66. The summed E-state index contributed by atoms with van der Waals surface area (Å²) in [6.45, 7) is 7.81. The number of carbonyl (C=O) groups excluding carboxylic acids is 1. The molecule has 5 heteroatoms. The molecule has 2 saturated heterocycles. The summed E-state index contributed by atoms with van der Waals surface area (Å²) in [5, 5.41) is 0. The molecule has 3 aliphatic rings. The Hall–Kier alpha value is -2.14. The molecular weight excluding hydrogens is 336 g/mol. The Balaban J connectivity index is 1.38. The molecule has 1 aromatic heterocycles. The van der Waals surface area contributed by atoms with Crippen LogP contribution in [0.3, 0.4) is 0 Å².